The van der Waals surface area contributed by atoms with Gasteiger partial charge in [0, 0.05) is 24.2 Å². The molecular weight excluding hydrogens is 905 g/mol. The molecule has 5 rings (SSSR count). The lowest BCUT2D eigenvalue weighted by atomic mass is 10.1. The van der Waals surface area contributed by atoms with Crippen molar-refractivity contribution < 1.29 is 74.0 Å². The Hall–Kier alpha value is -5.08. The molecule has 6 N–H and O–H groups in total. The molecule has 0 aliphatic carbocycles. The number of phenolic OH excluding ortho intramolecular Hbond substituents is 1. The molecule has 0 aliphatic heterocycles. The van der Waals surface area contributed by atoms with Crippen LogP contribution in [0.15, 0.2) is 90.5 Å². The minimum Gasteiger partial charge on any atom is -0.505 e. The molecule has 1 heterocycles. The molecule has 0 radical (unpaired) electrons. The number of phenols is 1. The average Bonchev–Trinajstić information content (AvgIpc) is 3.08. The van der Waals surface area contributed by atoms with Crippen LogP contribution < -0.4 is 10.2 Å². The van der Waals surface area contributed by atoms with Gasteiger partial charge in [0.1, 0.15) is 27.0 Å². The molecule has 4 aromatic carbocycles. The summed E-state index contributed by atoms with van der Waals surface area (Å²) in [4.78, 5) is 9.66. The van der Waals surface area contributed by atoms with E-state index in [4.69, 9.17) is 16.2 Å². The highest BCUT2D eigenvalue weighted by molar-refractivity contribution is 7.91. The van der Waals surface area contributed by atoms with Gasteiger partial charge in [0.2, 0.25) is 17.2 Å². The molecule has 0 atom stereocenters. The maximum atomic E-state index is 14.0. The van der Waals surface area contributed by atoms with Crippen LogP contribution in [0.5, 0.6) is 5.75 Å². The molecule has 0 amide bonds. The lowest BCUT2D eigenvalue weighted by molar-refractivity contribution is 0.284. The number of rotatable bonds is 14. The molecule has 0 saturated carbocycles. The van der Waals surface area contributed by atoms with Crippen molar-refractivity contribution in [1.82, 2.24) is 15.0 Å². The summed E-state index contributed by atoms with van der Waals surface area (Å²) in [6.45, 7) is -0.911. The number of aromatic hydroxyl groups is 1. The quantitative estimate of drug-likeness (QED) is 0.0681. The Labute approximate surface area is 332 Å². The molecular formula is C28H23ClFN7O16S5. The summed E-state index contributed by atoms with van der Waals surface area (Å²) in [6.07, 6.45) is 0. The summed E-state index contributed by atoms with van der Waals surface area (Å²) in [5.41, 5.74) is -2.48. The van der Waals surface area contributed by atoms with Crippen LogP contribution in [-0.2, 0) is 54.8 Å². The fourth-order valence-electron chi connectivity index (χ4n) is 4.93. The fourth-order valence-corrected chi connectivity index (χ4v) is 8.41. The molecule has 0 spiro atoms. The molecule has 0 aliphatic rings. The largest absolute Gasteiger partial charge is 0.505 e. The molecule has 30 heteroatoms. The molecule has 310 valence electrons. The topological polar surface area (TPSA) is 360 Å². The number of nitrogens with one attached hydrogen (secondary N) is 1. The summed E-state index contributed by atoms with van der Waals surface area (Å²) in [7, 11) is -23.4. The maximum absolute atomic E-state index is 14.0. The first-order valence-corrected chi connectivity index (χ1v) is 22.7. The summed E-state index contributed by atoms with van der Waals surface area (Å²) >= 11 is 6.15. The van der Waals surface area contributed by atoms with Crippen LogP contribution in [0.2, 0.25) is 5.28 Å². The van der Waals surface area contributed by atoms with E-state index in [2.05, 4.69) is 34.7 Å². The molecule has 1 aromatic heterocycles. The molecule has 5 aromatic rings. The third kappa shape index (κ3) is 10.3. The van der Waals surface area contributed by atoms with Crippen LogP contribution in [-0.4, -0.2) is 99.8 Å². The van der Waals surface area contributed by atoms with Gasteiger partial charge >= 0.3 is 10.4 Å². The van der Waals surface area contributed by atoms with Crippen molar-refractivity contribution >= 4 is 108 Å². The first-order valence-electron chi connectivity index (χ1n) is 15.0. The lowest BCUT2D eigenvalue weighted by Crippen LogP contribution is -2.17. The van der Waals surface area contributed by atoms with Gasteiger partial charge in [-0.1, -0.05) is 6.07 Å². The Morgan fingerprint density at radius 1 is 0.793 bits per heavy atom. The summed E-state index contributed by atoms with van der Waals surface area (Å²) in [5.74, 6) is -4.02. The number of aromatic nitrogens is 3. The number of hydrogen-bond acceptors (Lipinski definition) is 19. The zero-order valence-corrected chi connectivity index (χ0v) is 33.2. The number of benzene rings is 4. The second-order valence-corrected chi connectivity index (χ2v) is 19.1. The van der Waals surface area contributed by atoms with Gasteiger partial charge in [-0.05, 0) is 65.5 Å². The van der Waals surface area contributed by atoms with Crippen molar-refractivity contribution in [2.24, 2.45) is 10.2 Å². The van der Waals surface area contributed by atoms with Crippen molar-refractivity contribution in [2.45, 2.75) is 19.6 Å². The first-order chi connectivity index (χ1) is 26.6. The summed E-state index contributed by atoms with van der Waals surface area (Å²) in [6, 6.07) is 8.64. The Morgan fingerprint density at radius 2 is 1.47 bits per heavy atom. The number of nitrogens with zero attached hydrogens (tertiary/aromatic N) is 6. The smallest absolute Gasteiger partial charge is 0.397 e. The Kier molecular flexibility index (Phi) is 12.1. The van der Waals surface area contributed by atoms with E-state index < -0.39 is 128 Å². The molecule has 23 nitrogen and oxygen atoms in total. The fraction of sp³-hybridized carbons (Fsp3) is 0.107. The van der Waals surface area contributed by atoms with Crippen molar-refractivity contribution in [3.63, 3.8) is 0 Å². The van der Waals surface area contributed by atoms with Crippen LogP contribution in [0.1, 0.15) is 0 Å². The number of hydrogen-bond donors (Lipinski definition) is 6. The van der Waals surface area contributed by atoms with Crippen molar-refractivity contribution in [1.29, 1.82) is 0 Å². The third-order valence-electron chi connectivity index (χ3n) is 7.45. The van der Waals surface area contributed by atoms with Gasteiger partial charge in [-0.2, -0.15) is 48.6 Å². The molecule has 58 heavy (non-hydrogen) atoms. The molecule has 0 bridgehead atoms. The number of fused-ring (bicyclic) bond motifs is 1. The lowest BCUT2D eigenvalue weighted by Gasteiger charge is -2.19. The van der Waals surface area contributed by atoms with E-state index in [1.54, 1.807) is 0 Å². The highest BCUT2D eigenvalue weighted by Gasteiger charge is 2.27. The molecule has 0 saturated heterocycles. The van der Waals surface area contributed by atoms with Crippen LogP contribution in [0.4, 0.5) is 39.0 Å². The molecule has 0 unspecified atom stereocenters. The number of sulfone groups is 1. The maximum Gasteiger partial charge on any atom is 0.397 e. The third-order valence-corrected chi connectivity index (χ3v) is 12.4. The van der Waals surface area contributed by atoms with Gasteiger partial charge < -0.3 is 15.3 Å². The second-order valence-electron chi connectivity index (χ2n) is 11.4. The highest BCUT2D eigenvalue weighted by atomic mass is 35.5. The van der Waals surface area contributed by atoms with Gasteiger partial charge in [0.05, 0.1) is 27.8 Å². The van der Waals surface area contributed by atoms with Crippen LogP contribution in [0.3, 0.4) is 0 Å². The summed E-state index contributed by atoms with van der Waals surface area (Å²) < 4.78 is 177. The SMILES string of the molecule is CN(c1cccc(S(=O)(=O)CCOS(=O)(=O)O)c1)c1nc(Cl)nc(Nc2cc(S(=O)(=O)O)cc3cc(S(=O)(=O)O)c(N=Nc4cc(F)ccc4S(=O)(=O)O)c(O)c23)n1. The van der Waals surface area contributed by atoms with E-state index in [9.17, 15) is 65.2 Å². The first kappa shape index (κ1) is 44.0. The van der Waals surface area contributed by atoms with Crippen LogP contribution in [0.25, 0.3) is 10.8 Å². The highest BCUT2D eigenvalue weighted by Crippen LogP contribution is 2.46. The average molecular weight is 928 g/mol. The monoisotopic (exact) mass is 927 g/mol. The Balaban J connectivity index is 1.64. The predicted molar refractivity (Wildman–Crippen MR) is 198 cm³/mol. The summed E-state index contributed by atoms with van der Waals surface area (Å²) in [5, 5.41) is 19.3. The zero-order chi connectivity index (χ0) is 43.2. The number of halogens is 2. The van der Waals surface area contributed by atoms with Gasteiger partial charge in [-0.15, -0.1) is 10.2 Å². The van der Waals surface area contributed by atoms with Crippen LogP contribution >= 0.6 is 11.6 Å². The van der Waals surface area contributed by atoms with E-state index >= 15 is 0 Å². The van der Waals surface area contributed by atoms with E-state index in [1.807, 2.05) is 0 Å². The second kappa shape index (κ2) is 15.9. The van der Waals surface area contributed by atoms with Gasteiger partial charge in [-0.3, -0.25) is 18.2 Å². The predicted octanol–water partition coefficient (Wildman–Crippen LogP) is 3.78. The molecule has 0 fully saturated rings. The Morgan fingerprint density at radius 3 is 2.09 bits per heavy atom. The minimum atomic E-state index is -5.41. The standard InChI is InChI=1S/C28H23ClFN7O16S5/c1-37(16-3-2-4-17(12-16)54(39,40)8-7-53-58(50,51)52)28-33-26(29)32-27(34-28)31-20-13-18(55(41,42)43)9-14-10-22(57(47,48)49)24(25(38)23(14)20)36-35-19-11-15(30)5-6-21(19)56(44,45)46/h2-6,9-13,38H,7-8H2,1H3,(H,41,42,43)(H,44,45,46)(H,47,48,49)(H,50,51,52)(H,31,32,33,34). The van der Waals surface area contributed by atoms with Gasteiger partial charge in [0.15, 0.2) is 15.6 Å². The van der Waals surface area contributed by atoms with Crippen molar-refractivity contribution in [3.05, 3.63) is 71.8 Å². The Bertz CT molecular complexity index is 3100. The number of anilines is 4. The van der Waals surface area contributed by atoms with E-state index in [0.29, 0.717) is 36.4 Å². The van der Waals surface area contributed by atoms with Gasteiger partial charge in [-0.25, -0.2) is 17.0 Å². The van der Waals surface area contributed by atoms with Crippen LogP contribution in [0, 0.1) is 5.82 Å². The number of azo groups is 1. The van der Waals surface area contributed by atoms with E-state index in [1.165, 1.54) is 30.1 Å². The minimum absolute atomic E-state index is 0.0876. The normalized spacial score (nSPS) is 12.9. The van der Waals surface area contributed by atoms with Crippen molar-refractivity contribution in [3.8, 4) is 5.75 Å². The van der Waals surface area contributed by atoms with E-state index in [-0.39, 0.29) is 16.5 Å². The van der Waals surface area contributed by atoms with E-state index in [0.717, 1.165) is 6.07 Å². The van der Waals surface area contributed by atoms with Gasteiger partial charge in [0.25, 0.3) is 30.4 Å². The van der Waals surface area contributed by atoms with Crippen molar-refractivity contribution in [2.75, 3.05) is 29.6 Å². The zero-order valence-electron chi connectivity index (χ0n) is 28.4.